The largest absolute Gasteiger partial charge is 0.506 e. The van der Waals surface area contributed by atoms with E-state index in [9.17, 15) is 24.3 Å². The minimum atomic E-state index is -0.469. The van der Waals surface area contributed by atoms with E-state index in [-0.39, 0.29) is 82.3 Å². The summed E-state index contributed by atoms with van der Waals surface area (Å²) in [5.74, 6) is 0.795. The van der Waals surface area contributed by atoms with Crippen LogP contribution in [0.3, 0.4) is 0 Å². The highest BCUT2D eigenvalue weighted by Crippen LogP contribution is 2.53. The molecule has 3 amide bonds. The number of hydrogen-bond acceptors (Lipinski definition) is 8. The minimum Gasteiger partial charge on any atom is -0.506 e. The first-order valence-electron chi connectivity index (χ1n) is 27.4. The van der Waals surface area contributed by atoms with Gasteiger partial charge in [0.2, 0.25) is 23.5 Å². The van der Waals surface area contributed by atoms with Crippen molar-refractivity contribution >= 4 is 57.9 Å². The third-order valence-electron chi connectivity index (χ3n) is 16.0. The summed E-state index contributed by atoms with van der Waals surface area (Å²) < 4.78 is 0. The van der Waals surface area contributed by atoms with Crippen LogP contribution in [0.2, 0.25) is 0 Å². The van der Waals surface area contributed by atoms with Crippen LogP contribution in [0.5, 0.6) is 0 Å². The van der Waals surface area contributed by atoms with Crippen molar-refractivity contribution in [2.45, 2.75) is 229 Å². The number of likely N-dealkylation sites (tertiary alicyclic amines) is 1. The summed E-state index contributed by atoms with van der Waals surface area (Å²) in [5.41, 5.74) is 5.30. The molecule has 10 nitrogen and oxygen atoms in total. The van der Waals surface area contributed by atoms with Crippen LogP contribution in [-0.2, 0) is 24.6 Å². The van der Waals surface area contributed by atoms with Gasteiger partial charge in [-0.15, -0.1) is 0 Å². The number of carbonyl (C=O) groups excluding carboxylic acids is 4. The number of fused-ring (bicyclic) bond motifs is 2. The Kier molecular flexibility index (Phi) is 20.7. The van der Waals surface area contributed by atoms with Crippen LogP contribution >= 0.6 is 11.8 Å². The van der Waals surface area contributed by atoms with Gasteiger partial charge in [0.15, 0.2) is 0 Å². The molecule has 3 N–H and O–H groups in total. The zero-order valence-corrected chi connectivity index (χ0v) is 46.5. The normalized spacial score (nSPS) is 21.3. The second-order valence-corrected chi connectivity index (χ2v) is 23.6. The van der Waals surface area contributed by atoms with Gasteiger partial charge in [-0.1, -0.05) is 126 Å². The molecule has 1 aromatic carbocycles. The number of amides is 3. The molecular weight excluding hydrogens is 891 g/mol. The highest BCUT2D eigenvalue weighted by Gasteiger charge is 2.49. The molecule has 5 rings (SSSR count). The van der Waals surface area contributed by atoms with Gasteiger partial charge in [0.1, 0.15) is 5.76 Å². The SMILES string of the molecule is CCCCCCCCCCCCSCCC(=O)Nc1cc2c(cc1C1=C(O)/C(=C3/C=C4C(=CC3=NC(=O)CCC(=O)NCC(CC)CCCC)N(C(C)C)C(C)C4(C)C)C1=O)C(C)(C)C(C)N2C(C)C. The maximum Gasteiger partial charge on any atom is 0.246 e. The Hall–Kier alpha value is -4.12. The summed E-state index contributed by atoms with van der Waals surface area (Å²) in [6.45, 7) is 28.9. The van der Waals surface area contributed by atoms with Crippen molar-refractivity contribution in [3.63, 3.8) is 0 Å². The lowest BCUT2D eigenvalue weighted by atomic mass is 9.73. The highest BCUT2D eigenvalue weighted by atomic mass is 32.2. The lowest BCUT2D eigenvalue weighted by molar-refractivity contribution is -0.125. The van der Waals surface area contributed by atoms with Gasteiger partial charge in [-0.3, -0.25) is 19.2 Å². The fraction of sp³-hybridized carbons (Fsp3) is 0.678. The number of nitrogens with one attached hydrogen (secondary N) is 2. The topological polar surface area (TPSA) is 131 Å². The summed E-state index contributed by atoms with van der Waals surface area (Å²) in [5, 5.41) is 18.5. The van der Waals surface area contributed by atoms with Crippen molar-refractivity contribution in [1.29, 1.82) is 0 Å². The summed E-state index contributed by atoms with van der Waals surface area (Å²) in [7, 11) is 0. The number of thioether (sulfide) groups is 1. The van der Waals surface area contributed by atoms with Gasteiger partial charge in [0, 0.05) is 89.1 Å². The standard InChI is InChI=1S/C59H91N5O5S/c1-14-17-19-20-21-22-23-24-25-26-31-70-32-30-53(67)62-48-36-50-46(59(12,13)41(9)64(50)39(6)7)34-44(48)55-56(68)54(57(55)69)43-33-45-49(63(38(4)5)40(8)58(45,10)11)35-47(43)61-52(66)29-28-51(65)60-37-42(16-3)27-18-15-2/h33-36,38-42,68H,14-32,37H2,1-13H3,(H,60,65)(H,62,67)/b54-43+,61-47?. The van der Waals surface area contributed by atoms with E-state index in [1.54, 1.807) is 0 Å². The molecule has 2 aliphatic carbocycles. The van der Waals surface area contributed by atoms with Crippen LogP contribution in [0, 0.1) is 11.3 Å². The van der Waals surface area contributed by atoms with E-state index < -0.39 is 5.91 Å². The fourth-order valence-corrected chi connectivity index (χ4v) is 12.0. The molecule has 388 valence electrons. The summed E-state index contributed by atoms with van der Waals surface area (Å²) in [4.78, 5) is 64.7. The number of unbranched alkanes of at least 4 members (excludes halogenated alkanes) is 10. The summed E-state index contributed by atoms with van der Waals surface area (Å²) in [6, 6.07) is 4.57. The monoisotopic (exact) mass is 982 g/mol. The van der Waals surface area contributed by atoms with Crippen LogP contribution in [0.15, 0.2) is 57.5 Å². The fourth-order valence-electron chi connectivity index (χ4n) is 11.0. The Morgan fingerprint density at radius 3 is 1.96 bits per heavy atom. The molecule has 11 heteroatoms. The molecule has 1 saturated heterocycles. The highest BCUT2D eigenvalue weighted by molar-refractivity contribution is 7.99. The third-order valence-corrected chi connectivity index (χ3v) is 17.1. The van der Waals surface area contributed by atoms with E-state index >= 15 is 0 Å². The quantitative estimate of drug-likeness (QED) is 0.0587. The molecule has 0 bridgehead atoms. The van der Waals surface area contributed by atoms with Gasteiger partial charge in [-0.25, -0.2) is 4.99 Å². The Morgan fingerprint density at radius 1 is 0.743 bits per heavy atom. The van der Waals surface area contributed by atoms with Crippen LogP contribution in [0.1, 0.15) is 210 Å². The first kappa shape index (κ1) is 56.8. The second-order valence-electron chi connectivity index (χ2n) is 22.3. The molecular formula is C59H91N5O5S. The van der Waals surface area contributed by atoms with E-state index in [4.69, 9.17) is 0 Å². The first-order chi connectivity index (χ1) is 33.2. The molecule has 0 radical (unpaired) electrons. The number of anilines is 2. The van der Waals surface area contributed by atoms with Gasteiger partial charge in [-0.2, -0.15) is 11.8 Å². The zero-order valence-electron chi connectivity index (χ0n) is 45.7. The average Bonchev–Trinajstić information content (AvgIpc) is 3.62. The van der Waals surface area contributed by atoms with Crippen molar-refractivity contribution in [2.75, 3.05) is 28.3 Å². The van der Waals surface area contributed by atoms with E-state index in [1.165, 1.54) is 57.8 Å². The predicted molar refractivity (Wildman–Crippen MR) is 295 cm³/mol. The smallest absolute Gasteiger partial charge is 0.246 e. The molecule has 2 aliphatic heterocycles. The number of nitrogens with zero attached hydrogens (tertiary/aromatic N) is 3. The Balaban J connectivity index is 1.44. The lowest BCUT2D eigenvalue weighted by Gasteiger charge is -2.34. The van der Waals surface area contributed by atoms with Gasteiger partial charge in [0.25, 0.3) is 0 Å². The second kappa shape index (κ2) is 25.5. The lowest BCUT2D eigenvalue weighted by Crippen LogP contribution is -2.42. The van der Waals surface area contributed by atoms with E-state index in [0.717, 1.165) is 60.4 Å². The van der Waals surface area contributed by atoms with E-state index in [2.05, 4.69) is 115 Å². The number of aliphatic hydroxyl groups is 1. The molecule has 4 aliphatic rings. The molecule has 3 atom stereocenters. The maximum absolute atomic E-state index is 14.9. The number of rotatable bonds is 27. The van der Waals surface area contributed by atoms with Gasteiger partial charge >= 0.3 is 0 Å². The molecule has 1 fully saturated rings. The summed E-state index contributed by atoms with van der Waals surface area (Å²) >= 11 is 1.81. The van der Waals surface area contributed by atoms with Crippen molar-refractivity contribution in [3.8, 4) is 0 Å². The number of Topliss-reactive ketones (excluding diaryl/α,β-unsaturated/α-hetero) is 1. The van der Waals surface area contributed by atoms with Gasteiger partial charge in [0.05, 0.1) is 22.5 Å². The number of hydrogen-bond donors (Lipinski definition) is 3. The van der Waals surface area contributed by atoms with Crippen LogP contribution in [-0.4, -0.2) is 81.4 Å². The number of allylic oxidation sites excluding steroid dienone is 6. The van der Waals surface area contributed by atoms with Gasteiger partial charge < -0.3 is 25.5 Å². The van der Waals surface area contributed by atoms with E-state index in [0.29, 0.717) is 47.2 Å². The van der Waals surface area contributed by atoms with Crippen molar-refractivity contribution in [3.05, 3.63) is 63.6 Å². The van der Waals surface area contributed by atoms with E-state index in [1.807, 2.05) is 36.0 Å². The van der Waals surface area contributed by atoms with Crippen molar-refractivity contribution in [1.82, 2.24) is 10.2 Å². The predicted octanol–water partition coefficient (Wildman–Crippen LogP) is 13.8. The number of aliphatic imine (C=N–C) groups is 1. The molecule has 3 unspecified atom stereocenters. The van der Waals surface area contributed by atoms with Crippen LogP contribution in [0.4, 0.5) is 11.4 Å². The number of aliphatic hydroxyl groups excluding tert-OH is 1. The van der Waals surface area contributed by atoms with Crippen LogP contribution < -0.4 is 15.5 Å². The van der Waals surface area contributed by atoms with Crippen molar-refractivity contribution in [2.24, 2.45) is 16.3 Å². The van der Waals surface area contributed by atoms with Crippen molar-refractivity contribution < 1.29 is 24.3 Å². The Bertz CT molecular complexity index is 2210. The van der Waals surface area contributed by atoms with Gasteiger partial charge in [-0.05, 0) is 101 Å². The summed E-state index contributed by atoms with van der Waals surface area (Å²) in [6.07, 6.45) is 21.3. The molecule has 1 aromatic rings. The molecule has 0 aromatic heterocycles. The molecule has 0 saturated carbocycles. The number of benzene rings is 1. The Labute approximate surface area is 427 Å². The molecule has 2 heterocycles. The van der Waals surface area contributed by atoms with Crippen LogP contribution in [0.25, 0.3) is 5.57 Å². The third kappa shape index (κ3) is 13.1. The average molecular weight is 982 g/mol. The maximum atomic E-state index is 14.9. The molecule has 0 spiro atoms. The number of carbonyl (C=O) groups is 4. The minimum absolute atomic E-state index is 0.00782. The molecule has 70 heavy (non-hydrogen) atoms. The number of ketones is 1. The first-order valence-corrected chi connectivity index (χ1v) is 28.6. The Morgan fingerprint density at radius 2 is 1.36 bits per heavy atom. The zero-order chi connectivity index (χ0) is 51.5.